The van der Waals surface area contributed by atoms with Crippen LogP contribution < -0.4 is 23.7 Å². The van der Waals surface area contributed by atoms with E-state index in [4.69, 9.17) is 23.7 Å². The van der Waals surface area contributed by atoms with E-state index in [9.17, 15) is 4.79 Å². The van der Waals surface area contributed by atoms with E-state index in [1.807, 2.05) is 24.3 Å². The van der Waals surface area contributed by atoms with Gasteiger partial charge in [0.25, 0.3) is 0 Å². The van der Waals surface area contributed by atoms with Crippen LogP contribution >= 0.6 is 0 Å². The molecular formula is C54H72O6. The molecule has 0 radical (unpaired) electrons. The summed E-state index contributed by atoms with van der Waals surface area (Å²) in [6, 6.07) is 24.7. The standard InChI is InChI=1S/C54H72O6/c1-6-10-14-18-34-57-51-40-48(42-55)52(58-35-19-15-11-7-2)38-46(51)28-26-43-22-24-44(25-23-43)27-29-47-39-54(60-37-21-17-13-9-4)50(45-30-32-49(56-5)33-31-45)41-53(47)59-36-20-16-12-8-3/h22-33,38-42H,6-21,34-37H2,1-5H3/b28-26+,29-27+. The second-order valence-corrected chi connectivity index (χ2v) is 15.6. The summed E-state index contributed by atoms with van der Waals surface area (Å²) in [6.45, 7) is 11.4. The summed E-state index contributed by atoms with van der Waals surface area (Å²) < 4.78 is 30.9. The largest absolute Gasteiger partial charge is 0.497 e. The van der Waals surface area contributed by atoms with Crippen LogP contribution in [0.5, 0.6) is 28.7 Å². The number of aldehydes is 1. The lowest BCUT2D eigenvalue weighted by atomic mass is 10.0. The Morgan fingerprint density at radius 2 is 0.800 bits per heavy atom. The fourth-order valence-corrected chi connectivity index (χ4v) is 6.94. The number of rotatable bonds is 31. The maximum Gasteiger partial charge on any atom is 0.153 e. The Labute approximate surface area is 362 Å². The number of ether oxygens (including phenoxy) is 5. The summed E-state index contributed by atoms with van der Waals surface area (Å²) in [5, 5.41) is 0. The van der Waals surface area contributed by atoms with Crippen LogP contribution in [0.2, 0.25) is 0 Å². The molecule has 0 aliphatic rings. The molecule has 0 saturated heterocycles. The van der Waals surface area contributed by atoms with Gasteiger partial charge in [-0.1, -0.05) is 165 Å². The zero-order valence-corrected chi connectivity index (χ0v) is 37.4. The molecule has 0 aliphatic carbocycles. The van der Waals surface area contributed by atoms with E-state index in [1.54, 1.807) is 7.11 Å². The van der Waals surface area contributed by atoms with Gasteiger partial charge in [0.15, 0.2) is 6.29 Å². The van der Waals surface area contributed by atoms with Crippen molar-refractivity contribution in [3.63, 3.8) is 0 Å². The van der Waals surface area contributed by atoms with Gasteiger partial charge in [-0.3, -0.25) is 4.79 Å². The third kappa shape index (κ3) is 16.6. The fraction of sp³-hybridized carbons (Fsp3) is 0.463. The number of methoxy groups -OCH3 is 1. The van der Waals surface area contributed by atoms with Crippen molar-refractivity contribution in [2.45, 2.75) is 130 Å². The molecule has 324 valence electrons. The van der Waals surface area contributed by atoms with Gasteiger partial charge >= 0.3 is 0 Å². The van der Waals surface area contributed by atoms with Gasteiger partial charge < -0.3 is 23.7 Å². The van der Waals surface area contributed by atoms with E-state index < -0.39 is 0 Å². The predicted molar refractivity (Wildman–Crippen MR) is 253 cm³/mol. The van der Waals surface area contributed by atoms with E-state index in [0.29, 0.717) is 43.5 Å². The van der Waals surface area contributed by atoms with Crippen LogP contribution in [0.3, 0.4) is 0 Å². The molecule has 0 bridgehead atoms. The van der Waals surface area contributed by atoms with Gasteiger partial charge in [0.1, 0.15) is 28.7 Å². The first kappa shape index (κ1) is 47.7. The number of carbonyl (C=O) groups excluding carboxylic acids is 1. The minimum absolute atomic E-state index is 0.522. The Morgan fingerprint density at radius 1 is 0.417 bits per heavy atom. The van der Waals surface area contributed by atoms with Crippen molar-refractivity contribution in [3.05, 3.63) is 101 Å². The van der Waals surface area contributed by atoms with Crippen molar-refractivity contribution in [2.24, 2.45) is 0 Å². The SMILES string of the molecule is CCCCCCOc1cc(/C=C/c2ccc(/C=C/c3cc(OCCCCCC)c(-c4ccc(OC)cc4)cc3OCCCCCC)cc2)c(OCCCCCC)cc1C=O. The Hall–Kier alpha value is -4.97. The fourth-order valence-electron chi connectivity index (χ4n) is 6.94. The first-order chi connectivity index (χ1) is 29.5. The molecule has 0 fully saturated rings. The molecular weight excluding hydrogens is 745 g/mol. The van der Waals surface area contributed by atoms with E-state index in [1.165, 1.54) is 51.4 Å². The van der Waals surface area contributed by atoms with E-state index in [2.05, 4.69) is 101 Å². The summed E-state index contributed by atoms with van der Waals surface area (Å²) in [5.41, 5.74) is 6.61. The summed E-state index contributed by atoms with van der Waals surface area (Å²) >= 11 is 0. The molecule has 4 aromatic rings. The highest BCUT2D eigenvalue weighted by Crippen LogP contribution is 2.38. The third-order valence-electron chi connectivity index (χ3n) is 10.7. The van der Waals surface area contributed by atoms with Crippen molar-refractivity contribution >= 4 is 30.6 Å². The lowest BCUT2D eigenvalue weighted by molar-refractivity contribution is 0.111. The van der Waals surface area contributed by atoms with Crippen LogP contribution in [0.4, 0.5) is 0 Å². The molecule has 6 heteroatoms. The molecule has 4 aromatic carbocycles. The monoisotopic (exact) mass is 817 g/mol. The lowest BCUT2D eigenvalue weighted by Gasteiger charge is -2.17. The quantitative estimate of drug-likeness (QED) is 0.0286. The van der Waals surface area contributed by atoms with Crippen LogP contribution in [-0.4, -0.2) is 39.8 Å². The maximum atomic E-state index is 12.1. The Bertz CT molecular complexity index is 1860. The number of hydrogen-bond donors (Lipinski definition) is 0. The first-order valence-electron chi connectivity index (χ1n) is 23.0. The van der Waals surface area contributed by atoms with Crippen molar-refractivity contribution < 1.29 is 28.5 Å². The second kappa shape index (κ2) is 28.5. The lowest BCUT2D eigenvalue weighted by Crippen LogP contribution is -2.03. The van der Waals surface area contributed by atoms with Gasteiger partial charge in [-0.15, -0.1) is 0 Å². The van der Waals surface area contributed by atoms with Gasteiger partial charge in [-0.25, -0.2) is 0 Å². The van der Waals surface area contributed by atoms with Gasteiger partial charge in [0.2, 0.25) is 0 Å². The Balaban J connectivity index is 1.59. The maximum absolute atomic E-state index is 12.1. The van der Waals surface area contributed by atoms with Crippen molar-refractivity contribution in [3.8, 4) is 39.9 Å². The van der Waals surface area contributed by atoms with E-state index in [0.717, 1.165) is 108 Å². The van der Waals surface area contributed by atoms with Crippen LogP contribution in [0.15, 0.2) is 72.8 Å². The number of carbonyl (C=O) groups is 1. The average molecular weight is 817 g/mol. The molecule has 0 N–H and O–H groups in total. The van der Waals surface area contributed by atoms with Crippen molar-refractivity contribution in [2.75, 3.05) is 33.5 Å². The Kier molecular flexibility index (Phi) is 22.7. The zero-order valence-electron chi connectivity index (χ0n) is 37.4. The normalized spacial score (nSPS) is 11.3. The molecule has 6 nitrogen and oxygen atoms in total. The molecule has 0 saturated carbocycles. The number of benzene rings is 4. The molecule has 0 amide bonds. The van der Waals surface area contributed by atoms with Crippen LogP contribution in [0.25, 0.3) is 35.4 Å². The smallest absolute Gasteiger partial charge is 0.153 e. The van der Waals surface area contributed by atoms with E-state index in [-0.39, 0.29) is 0 Å². The molecule has 60 heavy (non-hydrogen) atoms. The molecule has 4 rings (SSSR count). The molecule has 0 unspecified atom stereocenters. The minimum Gasteiger partial charge on any atom is -0.497 e. The van der Waals surface area contributed by atoms with Gasteiger partial charge in [-0.05, 0) is 78.8 Å². The Morgan fingerprint density at radius 3 is 1.22 bits per heavy atom. The van der Waals surface area contributed by atoms with Crippen molar-refractivity contribution in [1.29, 1.82) is 0 Å². The summed E-state index contributed by atoms with van der Waals surface area (Å²) in [5.74, 6) is 3.83. The second-order valence-electron chi connectivity index (χ2n) is 15.6. The third-order valence-corrected chi connectivity index (χ3v) is 10.7. The number of hydrogen-bond acceptors (Lipinski definition) is 6. The molecule has 0 spiro atoms. The summed E-state index contributed by atoms with van der Waals surface area (Å²) in [4.78, 5) is 12.1. The highest BCUT2D eigenvalue weighted by Gasteiger charge is 2.15. The molecule has 0 aromatic heterocycles. The molecule has 0 heterocycles. The van der Waals surface area contributed by atoms with Crippen LogP contribution in [0, 0.1) is 0 Å². The molecule has 0 aliphatic heterocycles. The van der Waals surface area contributed by atoms with Gasteiger partial charge in [0.05, 0.1) is 39.1 Å². The van der Waals surface area contributed by atoms with Gasteiger partial charge in [-0.2, -0.15) is 0 Å². The topological polar surface area (TPSA) is 63.2 Å². The highest BCUT2D eigenvalue weighted by molar-refractivity contribution is 5.84. The van der Waals surface area contributed by atoms with Crippen molar-refractivity contribution in [1.82, 2.24) is 0 Å². The summed E-state index contributed by atoms with van der Waals surface area (Å²) in [7, 11) is 1.69. The molecule has 0 atom stereocenters. The average Bonchev–Trinajstić information content (AvgIpc) is 3.28. The van der Waals surface area contributed by atoms with Crippen LogP contribution in [0.1, 0.15) is 163 Å². The van der Waals surface area contributed by atoms with E-state index >= 15 is 0 Å². The highest BCUT2D eigenvalue weighted by atomic mass is 16.5. The van der Waals surface area contributed by atoms with Gasteiger partial charge in [0, 0.05) is 16.7 Å². The van der Waals surface area contributed by atoms with Crippen LogP contribution in [-0.2, 0) is 0 Å². The zero-order chi connectivity index (χ0) is 42.6. The summed E-state index contributed by atoms with van der Waals surface area (Å²) in [6.07, 6.45) is 27.3. The first-order valence-corrected chi connectivity index (χ1v) is 23.0. The minimum atomic E-state index is 0.522. The predicted octanol–water partition coefficient (Wildman–Crippen LogP) is 15.4. The number of unbranched alkanes of at least 4 members (excludes halogenated alkanes) is 12.